The fourth-order valence-electron chi connectivity index (χ4n) is 4.79. The zero-order chi connectivity index (χ0) is 17.5. The van der Waals surface area contributed by atoms with E-state index in [1.54, 1.807) is 0 Å². The molecule has 0 atom stereocenters. The monoisotopic (exact) mass is 478 g/mol. The van der Waals surface area contributed by atoms with Gasteiger partial charge >= 0.3 is 0 Å². The number of piperidine rings is 1. The lowest BCUT2D eigenvalue weighted by molar-refractivity contribution is 0.0131. The van der Waals surface area contributed by atoms with E-state index in [2.05, 4.69) is 22.5 Å². The summed E-state index contributed by atoms with van der Waals surface area (Å²) in [6.07, 6.45) is 13.4. The lowest BCUT2D eigenvalue weighted by Crippen LogP contribution is -2.50. The highest BCUT2D eigenvalue weighted by Gasteiger charge is 2.30. The Bertz CT molecular complexity index is 426. The molecule has 1 saturated heterocycles. The molecule has 0 amide bonds. The lowest BCUT2D eigenvalue weighted by atomic mass is 9.85. The predicted octanol–water partition coefficient (Wildman–Crippen LogP) is 3.26. The molecule has 1 aliphatic heterocycles. The lowest BCUT2D eigenvalue weighted by Gasteiger charge is -2.37. The molecule has 3 aliphatic rings. The predicted molar refractivity (Wildman–Crippen MR) is 119 cm³/mol. The summed E-state index contributed by atoms with van der Waals surface area (Å²) in [4.78, 5) is 7.44. The largest absolute Gasteiger partial charge is 0.388 e. The van der Waals surface area contributed by atoms with Crippen LogP contribution in [-0.2, 0) is 0 Å². The van der Waals surface area contributed by atoms with E-state index in [4.69, 9.17) is 4.99 Å². The molecule has 152 valence electrons. The molecule has 0 aromatic rings. The first-order chi connectivity index (χ1) is 12.2. The topological polar surface area (TPSA) is 59.9 Å². The Labute approximate surface area is 176 Å². The Morgan fingerprint density at radius 2 is 1.69 bits per heavy atom. The van der Waals surface area contributed by atoms with E-state index in [0.29, 0.717) is 12.6 Å². The highest BCUT2D eigenvalue weighted by molar-refractivity contribution is 14.0. The fourth-order valence-corrected chi connectivity index (χ4v) is 4.79. The van der Waals surface area contributed by atoms with Crippen molar-refractivity contribution in [1.29, 1.82) is 0 Å². The van der Waals surface area contributed by atoms with Gasteiger partial charge in [0.1, 0.15) is 0 Å². The Morgan fingerprint density at radius 3 is 2.31 bits per heavy atom. The van der Waals surface area contributed by atoms with Crippen LogP contribution < -0.4 is 10.6 Å². The summed E-state index contributed by atoms with van der Waals surface area (Å²) >= 11 is 0. The molecule has 3 rings (SSSR count). The zero-order valence-electron chi connectivity index (χ0n) is 16.5. The number of rotatable bonds is 5. The Kier molecular flexibility index (Phi) is 9.44. The van der Waals surface area contributed by atoms with Gasteiger partial charge in [-0.1, -0.05) is 32.1 Å². The van der Waals surface area contributed by atoms with Crippen LogP contribution in [-0.4, -0.2) is 59.8 Å². The van der Waals surface area contributed by atoms with E-state index in [-0.39, 0.29) is 24.0 Å². The molecule has 2 aliphatic carbocycles. The molecular weight excluding hydrogens is 439 g/mol. The Morgan fingerprint density at radius 1 is 1.04 bits per heavy atom. The van der Waals surface area contributed by atoms with Crippen molar-refractivity contribution >= 4 is 29.9 Å². The minimum atomic E-state index is -0.577. The maximum atomic E-state index is 10.7. The number of guanidine groups is 1. The van der Waals surface area contributed by atoms with Crippen molar-refractivity contribution in [2.45, 2.75) is 95.2 Å². The molecule has 26 heavy (non-hydrogen) atoms. The van der Waals surface area contributed by atoms with Gasteiger partial charge in [-0.15, -0.1) is 24.0 Å². The van der Waals surface area contributed by atoms with Crippen molar-refractivity contribution in [2.24, 2.45) is 4.99 Å². The first-order valence-electron chi connectivity index (χ1n) is 10.7. The van der Waals surface area contributed by atoms with Gasteiger partial charge in [-0.25, -0.2) is 0 Å². The molecule has 3 fully saturated rings. The van der Waals surface area contributed by atoms with Crippen molar-refractivity contribution in [1.82, 2.24) is 15.5 Å². The van der Waals surface area contributed by atoms with E-state index in [1.165, 1.54) is 58.0 Å². The summed E-state index contributed by atoms with van der Waals surface area (Å²) in [7, 11) is 0. The average molecular weight is 478 g/mol. The maximum absolute atomic E-state index is 10.7. The molecule has 0 unspecified atom stereocenters. The van der Waals surface area contributed by atoms with Gasteiger partial charge in [-0.05, 0) is 45.4 Å². The smallest absolute Gasteiger partial charge is 0.191 e. The summed E-state index contributed by atoms with van der Waals surface area (Å²) in [5.74, 6) is 0.890. The molecule has 0 aromatic carbocycles. The van der Waals surface area contributed by atoms with Crippen LogP contribution in [0.5, 0.6) is 0 Å². The minimum absolute atomic E-state index is 0. The van der Waals surface area contributed by atoms with Gasteiger partial charge in [-0.3, -0.25) is 4.99 Å². The molecule has 0 aromatic heterocycles. The van der Waals surface area contributed by atoms with Crippen molar-refractivity contribution in [3.63, 3.8) is 0 Å². The van der Waals surface area contributed by atoms with Gasteiger partial charge < -0.3 is 20.6 Å². The molecule has 0 bridgehead atoms. The van der Waals surface area contributed by atoms with E-state index < -0.39 is 5.60 Å². The van der Waals surface area contributed by atoms with Gasteiger partial charge in [0.05, 0.1) is 12.1 Å². The number of aliphatic imine (C=N–C) groups is 1. The Hall–Kier alpha value is -0.0800. The number of nitrogens with one attached hydrogen (secondary N) is 2. The molecule has 3 N–H and O–H groups in total. The number of nitrogens with zero attached hydrogens (tertiary/aromatic N) is 2. The maximum Gasteiger partial charge on any atom is 0.191 e. The van der Waals surface area contributed by atoms with Gasteiger partial charge in [-0.2, -0.15) is 0 Å². The van der Waals surface area contributed by atoms with Gasteiger partial charge in [0.15, 0.2) is 5.96 Å². The van der Waals surface area contributed by atoms with Crippen LogP contribution in [0.4, 0.5) is 0 Å². The van der Waals surface area contributed by atoms with E-state index >= 15 is 0 Å². The Balaban J connectivity index is 0.00000243. The minimum Gasteiger partial charge on any atom is -0.388 e. The van der Waals surface area contributed by atoms with E-state index in [9.17, 15) is 5.11 Å². The third-order valence-electron chi connectivity index (χ3n) is 6.37. The van der Waals surface area contributed by atoms with Crippen molar-refractivity contribution < 1.29 is 5.11 Å². The van der Waals surface area contributed by atoms with Gasteiger partial charge in [0.2, 0.25) is 0 Å². The van der Waals surface area contributed by atoms with Gasteiger partial charge in [0.25, 0.3) is 0 Å². The van der Waals surface area contributed by atoms with Crippen molar-refractivity contribution in [3.05, 3.63) is 0 Å². The molecule has 0 radical (unpaired) electrons. The molecule has 0 spiro atoms. The second-order valence-corrected chi connectivity index (χ2v) is 8.37. The highest BCUT2D eigenvalue weighted by atomic mass is 127. The second kappa shape index (κ2) is 11.1. The van der Waals surface area contributed by atoms with Crippen LogP contribution in [0.25, 0.3) is 0 Å². The summed E-state index contributed by atoms with van der Waals surface area (Å²) < 4.78 is 0. The first kappa shape index (κ1) is 22.2. The quantitative estimate of drug-likeness (QED) is 0.323. The summed E-state index contributed by atoms with van der Waals surface area (Å²) in [6.45, 7) is 5.93. The van der Waals surface area contributed by atoms with Crippen LogP contribution in [0.3, 0.4) is 0 Å². The number of hydrogen-bond acceptors (Lipinski definition) is 3. The fraction of sp³-hybridized carbons (Fsp3) is 0.950. The summed E-state index contributed by atoms with van der Waals surface area (Å²) in [6, 6.07) is 1.36. The third kappa shape index (κ3) is 6.51. The van der Waals surface area contributed by atoms with Crippen LogP contribution >= 0.6 is 24.0 Å². The van der Waals surface area contributed by atoms with Gasteiger partial charge in [0, 0.05) is 31.7 Å². The van der Waals surface area contributed by atoms with Crippen LogP contribution in [0.2, 0.25) is 0 Å². The third-order valence-corrected chi connectivity index (χ3v) is 6.37. The van der Waals surface area contributed by atoms with Crippen LogP contribution in [0, 0.1) is 0 Å². The number of aliphatic hydroxyl groups is 1. The summed E-state index contributed by atoms with van der Waals surface area (Å²) in [5, 5.41) is 17.7. The molecule has 1 heterocycles. The zero-order valence-corrected chi connectivity index (χ0v) is 18.8. The molecule has 6 heteroatoms. The highest BCUT2D eigenvalue weighted by Crippen LogP contribution is 2.28. The van der Waals surface area contributed by atoms with Crippen LogP contribution in [0.15, 0.2) is 4.99 Å². The molecule has 5 nitrogen and oxygen atoms in total. The number of likely N-dealkylation sites (tertiary alicyclic amines) is 1. The molecular formula is C20H39IN4O. The molecule has 2 saturated carbocycles. The normalized spacial score (nSPS) is 25.7. The van der Waals surface area contributed by atoms with E-state index in [0.717, 1.165) is 44.2 Å². The summed E-state index contributed by atoms with van der Waals surface area (Å²) in [5.41, 5.74) is -0.577. The standard InChI is InChI=1S/C20H38N4O.HI/c1-2-21-19(22-16-20(25)12-6-3-7-13-20)23-17-10-14-24(15-11-17)18-8-4-5-9-18;/h17-18,25H,2-16H2,1H3,(H2,21,22,23);1H. The van der Waals surface area contributed by atoms with Crippen LogP contribution in [0.1, 0.15) is 77.6 Å². The first-order valence-corrected chi connectivity index (χ1v) is 10.7. The number of halogens is 1. The SMILES string of the molecule is CCNC(=NCC1(O)CCCCC1)NC1CCN(C2CCCC2)CC1.I. The number of hydrogen-bond donors (Lipinski definition) is 3. The average Bonchev–Trinajstić information content (AvgIpc) is 3.16. The van der Waals surface area contributed by atoms with Crippen molar-refractivity contribution in [3.8, 4) is 0 Å². The van der Waals surface area contributed by atoms with E-state index in [1.807, 2.05) is 0 Å². The second-order valence-electron chi connectivity index (χ2n) is 8.37. The van der Waals surface area contributed by atoms with Crippen molar-refractivity contribution in [2.75, 3.05) is 26.2 Å².